The van der Waals surface area contributed by atoms with E-state index in [0.29, 0.717) is 12.2 Å². The van der Waals surface area contributed by atoms with Crippen molar-refractivity contribution in [2.75, 3.05) is 37.6 Å². The number of nitrogens with zero attached hydrogens (tertiary/aromatic N) is 5. The zero-order valence-corrected chi connectivity index (χ0v) is 19.9. The Kier molecular flexibility index (Phi) is 6.84. The SMILES string of the molecule is CCN1CCN(c2c(CN(C(=O)C3CCC3)C(C)C)c(C)nn2-c2cccc(F)c2)CC1. The maximum Gasteiger partial charge on any atom is 0.226 e. The molecule has 0 N–H and O–H groups in total. The van der Waals surface area contributed by atoms with Gasteiger partial charge < -0.3 is 14.7 Å². The van der Waals surface area contributed by atoms with Crippen LogP contribution in [0.1, 0.15) is 51.3 Å². The third-order valence-electron chi connectivity index (χ3n) is 7.02. The predicted octanol–water partition coefficient (Wildman–Crippen LogP) is 4.00. The Balaban J connectivity index is 1.73. The molecule has 2 aromatic rings. The van der Waals surface area contributed by atoms with E-state index in [0.717, 1.165) is 69.1 Å². The van der Waals surface area contributed by atoms with Crippen LogP contribution in [0.25, 0.3) is 5.69 Å². The molecule has 1 aliphatic carbocycles. The highest BCUT2D eigenvalue weighted by Crippen LogP contribution is 2.33. The quantitative estimate of drug-likeness (QED) is 0.652. The highest BCUT2D eigenvalue weighted by molar-refractivity contribution is 5.80. The van der Waals surface area contributed by atoms with Gasteiger partial charge in [-0.3, -0.25) is 4.79 Å². The van der Waals surface area contributed by atoms with Crippen LogP contribution in [0.4, 0.5) is 10.2 Å². The number of likely N-dealkylation sites (N-methyl/N-ethyl adjacent to an activating group) is 1. The molecule has 0 bridgehead atoms. The average Bonchev–Trinajstić information content (AvgIpc) is 3.06. The average molecular weight is 442 g/mol. The van der Waals surface area contributed by atoms with Crippen LogP contribution in [0.2, 0.25) is 0 Å². The summed E-state index contributed by atoms with van der Waals surface area (Å²) < 4.78 is 15.9. The Morgan fingerprint density at radius 2 is 1.94 bits per heavy atom. The number of carbonyl (C=O) groups is 1. The van der Waals surface area contributed by atoms with Gasteiger partial charge in [0.05, 0.1) is 17.9 Å². The van der Waals surface area contributed by atoms with E-state index in [-0.39, 0.29) is 23.7 Å². The van der Waals surface area contributed by atoms with Gasteiger partial charge in [0.2, 0.25) is 5.91 Å². The van der Waals surface area contributed by atoms with Gasteiger partial charge in [0.15, 0.2) is 0 Å². The number of benzene rings is 1. The molecular formula is C25H36FN5O. The minimum absolute atomic E-state index is 0.116. The molecule has 1 saturated carbocycles. The second kappa shape index (κ2) is 9.61. The molecule has 7 heteroatoms. The van der Waals surface area contributed by atoms with Gasteiger partial charge in [-0.25, -0.2) is 9.07 Å². The normalized spacial score (nSPS) is 17.6. The summed E-state index contributed by atoms with van der Waals surface area (Å²) in [5.74, 6) is 1.14. The van der Waals surface area contributed by atoms with E-state index in [4.69, 9.17) is 5.10 Å². The molecule has 1 saturated heterocycles. The van der Waals surface area contributed by atoms with Crippen LogP contribution < -0.4 is 4.90 Å². The molecule has 0 atom stereocenters. The van der Waals surface area contributed by atoms with Crippen molar-refractivity contribution in [3.63, 3.8) is 0 Å². The molecule has 1 aromatic heterocycles. The van der Waals surface area contributed by atoms with Crippen molar-refractivity contribution in [1.82, 2.24) is 19.6 Å². The molecule has 4 rings (SSSR count). The van der Waals surface area contributed by atoms with Gasteiger partial charge in [-0.2, -0.15) is 5.10 Å². The Morgan fingerprint density at radius 1 is 1.22 bits per heavy atom. The highest BCUT2D eigenvalue weighted by Gasteiger charge is 2.33. The summed E-state index contributed by atoms with van der Waals surface area (Å²) in [6.45, 7) is 13.7. The fourth-order valence-electron chi connectivity index (χ4n) is 4.70. The fourth-order valence-corrected chi connectivity index (χ4v) is 4.70. The van der Waals surface area contributed by atoms with E-state index in [1.807, 2.05) is 22.6 Å². The van der Waals surface area contributed by atoms with E-state index in [1.165, 1.54) is 12.1 Å². The Labute approximate surface area is 191 Å². The topological polar surface area (TPSA) is 44.6 Å². The lowest BCUT2D eigenvalue weighted by Crippen LogP contribution is -2.47. The molecule has 6 nitrogen and oxygen atoms in total. The highest BCUT2D eigenvalue weighted by atomic mass is 19.1. The number of piperazine rings is 1. The van der Waals surface area contributed by atoms with Crippen LogP contribution in [-0.2, 0) is 11.3 Å². The zero-order chi connectivity index (χ0) is 22.8. The van der Waals surface area contributed by atoms with Crippen molar-refractivity contribution in [3.8, 4) is 5.69 Å². The Morgan fingerprint density at radius 3 is 2.50 bits per heavy atom. The summed E-state index contributed by atoms with van der Waals surface area (Å²) >= 11 is 0. The Bertz CT molecular complexity index is 944. The molecule has 2 fully saturated rings. The van der Waals surface area contributed by atoms with Crippen molar-refractivity contribution < 1.29 is 9.18 Å². The number of anilines is 1. The van der Waals surface area contributed by atoms with Crippen LogP contribution in [0.15, 0.2) is 24.3 Å². The number of amides is 1. The molecule has 0 unspecified atom stereocenters. The third kappa shape index (κ3) is 4.53. The molecule has 174 valence electrons. The molecule has 0 radical (unpaired) electrons. The Hall–Kier alpha value is -2.41. The van der Waals surface area contributed by atoms with Gasteiger partial charge in [0, 0.05) is 43.7 Å². The summed E-state index contributed by atoms with van der Waals surface area (Å²) in [5.41, 5.74) is 2.68. The second-order valence-corrected chi connectivity index (χ2v) is 9.39. The van der Waals surface area contributed by atoms with Crippen LogP contribution in [0.3, 0.4) is 0 Å². The number of aryl methyl sites for hydroxylation is 1. The van der Waals surface area contributed by atoms with E-state index in [9.17, 15) is 9.18 Å². The first kappa shape index (κ1) is 22.8. The largest absolute Gasteiger partial charge is 0.354 e. The van der Waals surface area contributed by atoms with Crippen molar-refractivity contribution in [1.29, 1.82) is 0 Å². The smallest absolute Gasteiger partial charge is 0.226 e. The van der Waals surface area contributed by atoms with Crippen molar-refractivity contribution in [2.45, 2.75) is 59.5 Å². The van der Waals surface area contributed by atoms with Gasteiger partial charge in [-0.15, -0.1) is 0 Å². The first-order valence-corrected chi connectivity index (χ1v) is 12.0. The second-order valence-electron chi connectivity index (χ2n) is 9.39. The maximum absolute atomic E-state index is 14.1. The first-order chi connectivity index (χ1) is 15.4. The van der Waals surface area contributed by atoms with Gasteiger partial charge in [-0.05, 0) is 58.4 Å². The molecule has 32 heavy (non-hydrogen) atoms. The number of hydrogen-bond acceptors (Lipinski definition) is 4. The van der Waals surface area contributed by atoms with E-state index in [2.05, 4.69) is 30.6 Å². The monoisotopic (exact) mass is 441 g/mol. The van der Waals surface area contributed by atoms with E-state index >= 15 is 0 Å². The number of carbonyl (C=O) groups excluding carboxylic acids is 1. The van der Waals surface area contributed by atoms with E-state index in [1.54, 1.807) is 6.07 Å². The summed E-state index contributed by atoms with van der Waals surface area (Å²) in [5, 5.41) is 4.84. The molecule has 1 aromatic carbocycles. The van der Waals surface area contributed by atoms with E-state index < -0.39 is 0 Å². The maximum atomic E-state index is 14.1. The van der Waals surface area contributed by atoms with Crippen molar-refractivity contribution >= 4 is 11.7 Å². The first-order valence-electron chi connectivity index (χ1n) is 12.0. The van der Waals surface area contributed by atoms with Crippen LogP contribution in [-0.4, -0.2) is 64.3 Å². The summed E-state index contributed by atoms with van der Waals surface area (Å²) in [4.78, 5) is 20.0. The lowest BCUT2D eigenvalue weighted by molar-refractivity contribution is -0.140. The predicted molar refractivity (Wildman–Crippen MR) is 126 cm³/mol. The summed E-state index contributed by atoms with van der Waals surface area (Å²) in [7, 11) is 0. The summed E-state index contributed by atoms with van der Waals surface area (Å²) in [6.07, 6.45) is 3.14. The number of hydrogen-bond donors (Lipinski definition) is 0. The fraction of sp³-hybridized carbons (Fsp3) is 0.600. The molecule has 1 aliphatic heterocycles. The number of aromatic nitrogens is 2. The molecular weight excluding hydrogens is 405 g/mol. The van der Waals surface area contributed by atoms with Crippen molar-refractivity contribution in [2.24, 2.45) is 5.92 Å². The van der Waals surface area contributed by atoms with Gasteiger partial charge in [0.1, 0.15) is 11.6 Å². The zero-order valence-electron chi connectivity index (χ0n) is 19.9. The number of halogens is 1. The van der Waals surface area contributed by atoms with Gasteiger partial charge in [-0.1, -0.05) is 19.4 Å². The van der Waals surface area contributed by atoms with Crippen LogP contribution in [0.5, 0.6) is 0 Å². The standard InChI is InChI=1S/C25H36FN5O/c1-5-28-12-14-29(15-13-28)24-23(17-30(18(2)3)25(32)20-8-6-9-20)19(4)27-31(24)22-11-7-10-21(26)16-22/h7,10-11,16,18,20H,5-6,8-9,12-15,17H2,1-4H3. The van der Waals surface area contributed by atoms with Crippen LogP contribution >= 0.6 is 0 Å². The number of rotatable bonds is 7. The summed E-state index contributed by atoms with van der Waals surface area (Å²) in [6, 6.07) is 6.72. The molecule has 1 amide bonds. The van der Waals surface area contributed by atoms with Gasteiger partial charge in [0.25, 0.3) is 0 Å². The molecule has 2 aliphatic rings. The van der Waals surface area contributed by atoms with Gasteiger partial charge >= 0.3 is 0 Å². The minimum atomic E-state index is -0.275. The van der Waals surface area contributed by atoms with Crippen molar-refractivity contribution in [3.05, 3.63) is 41.3 Å². The lowest BCUT2D eigenvalue weighted by Gasteiger charge is -2.37. The molecule has 0 spiro atoms. The minimum Gasteiger partial charge on any atom is -0.354 e. The lowest BCUT2D eigenvalue weighted by atomic mass is 9.84. The van der Waals surface area contributed by atoms with Crippen LogP contribution in [0, 0.1) is 18.7 Å². The third-order valence-corrected chi connectivity index (χ3v) is 7.02. The molecule has 2 heterocycles.